The van der Waals surface area contributed by atoms with Crippen molar-refractivity contribution in [1.29, 1.82) is 0 Å². The minimum Gasteiger partial charge on any atom is -0.512 e. The van der Waals surface area contributed by atoms with Crippen molar-refractivity contribution in [3.63, 3.8) is 0 Å². The van der Waals surface area contributed by atoms with Crippen LogP contribution < -0.4 is 0 Å². The molecule has 2 atom stereocenters. The van der Waals surface area contributed by atoms with Crippen molar-refractivity contribution >= 4 is 5.97 Å². The first kappa shape index (κ1) is 13.3. The van der Waals surface area contributed by atoms with Gasteiger partial charge in [0, 0.05) is 12.4 Å². The first-order valence-electron chi connectivity index (χ1n) is 6.16. The van der Waals surface area contributed by atoms with Crippen LogP contribution in [0.4, 0.5) is 0 Å². The normalized spacial score (nSPS) is 26.4. The molecule has 0 aromatic carbocycles. The van der Waals surface area contributed by atoms with Crippen LogP contribution in [-0.4, -0.2) is 21.7 Å². The topological polar surface area (TPSA) is 59.4 Å². The number of esters is 1. The predicted octanol–water partition coefficient (Wildman–Crippen LogP) is 3.04. The number of carbonyl (C=O) groups excluding carboxylic acids is 1. The molecule has 4 nitrogen and oxygen atoms in total. The van der Waals surface area contributed by atoms with Crippen LogP contribution in [0.1, 0.15) is 31.1 Å². The Morgan fingerprint density at radius 2 is 2.21 bits per heavy atom. The van der Waals surface area contributed by atoms with Crippen LogP contribution in [0.2, 0.25) is 0 Å². The van der Waals surface area contributed by atoms with Gasteiger partial charge in [-0.25, -0.2) is 4.79 Å². The molecule has 1 aromatic heterocycles. The third-order valence-corrected chi connectivity index (χ3v) is 3.76. The van der Waals surface area contributed by atoms with Gasteiger partial charge in [-0.1, -0.05) is 13.0 Å². The van der Waals surface area contributed by atoms with Gasteiger partial charge in [-0.05, 0) is 37.6 Å². The van der Waals surface area contributed by atoms with E-state index in [2.05, 4.69) is 4.98 Å². The average molecular weight is 259 g/mol. The van der Waals surface area contributed by atoms with Crippen LogP contribution >= 0.6 is 0 Å². The van der Waals surface area contributed by atoms with E-state index in [1.807, 2.05) is 13.8 Å². The third kappa shape index (κ3) is 2.38. The monoisotopic (exact) mass is 259 g/mol. The Kier molecular flexibility index (Phi) is 3.42. The zero-order valence-electron chi connectivity index (χ0n) is 11.3. The second-order valence-corrected chi connectivity index (χ2v) is 4.90. The van der Waals surface area contributed by atoms with Gasteiger partial charge in [0.25, 0.3) is 0 Å². The van der Waals surface area contributed by atoms with Crippen LogP contribution in [0.3, 0.4) is 0 Å². The molecular weight excluding hydrogens is 242 g/mol. The molecule has 4 heteroatoms. The number of ether oxygens (including phenoxy) is 1. The summed E-state index contributed by atoms with van der Waals surface area (Å²) >= 11 is 0. The number of aromatic nitrogens is 1. The number of aliphatic hydroxyl groups is 1. The molecule has 0 fully saturated rings. The van der Waals surface area contributed by atoms with Crippen molar-refractivity contribution in [2.75, 3.05) is 0 Å². The number of aliphatic hydroxyl groups excluding tert-OH is 1. The molecule has 0 saturated heterocycles. The quantitative estimate of drug-likeness (QED) is 0.829. The van der Waals surface area contributed by atoms with Crippen molar-refractivity contribution in [3.8, 4) is 0 Å². The van der Waals surface area contributed by atoms with Crippen LogP contribution in [0.15, 0.2) is 48.0 Å². The molecule has 0 saturated carbocycles. The molecule has 0 aliphatic heterocycles. The molecule has 0 bridgehead atoms. The standard InChI is InChI=1S/C15H17NO3/c1-10-6-7-13(17)11(2)15(10,3)19-14(18)12-5-4-8-16-9-12/h4-9,11,17H,1-3H3. The first-order valence-corrected chi connectivity index (χ1v) is 6.16. The molecule has 0 spiro atoms. The Hall–Kier alpha value is -2.10. The number of rotatable bonds is 2. The maximum atomic E-state index is 12.1. The molecule has 2 unspecified atom stereocenters. The maximum absolute atomic E-state index is 12.1. The highest BCUT2D eigenvalue weighted by Gasteiger charge is 2.41. The van der Waals surface area contributed by atoms with Gasteiger partial charge in [-0.2, -0.15) is 0 Å². The minimum atomic E-state index is -0.842. The third-order valence-electron chi connectivity index (χ3n) is 3.76. The molecule has 100 valence electrons. The fraction of sp³-hybridized carbons (Fsp3) is 0.333. The van der Waals surface area contributed by atoms with Crippen LogP contribution in [0.25, 0.3) is 0 Å². The minimum absolute atomic E-state index is 0.215. The second-order valence-electron chi connectivity index (χ2n) is 4.90. The van der Waals surface area contributed by atoms with E-state index >= 15 is 0 Å². The molecule has 1 heterocycles. The van der Waals surface area contributed by atoms with E-state index in [0.29, 0.717) is 5.56 Å². The summed E-state index contributed by atoms with van der Waals surface area (Å²) in [4.78, 5) is 16.0. The number of carbonyl (C=O) groups is 1. The summed E-state index contributed by atoms with van der Waals surface area (Å²) in [5, 5.41) is 9.83. The Balaban J connectivity index is 2.25. The molecule has 0 amide bonds. The molecule has 1 aliphatic rings. The summed E-state index contributed by atoms with van der Waals surface area (Å²) in [5.74, 6) is -0.505. The Morgan fingerprint density at radius 3 is 2.84 bits per heavy atom. The van der Waals surface area contributed by atoms with E-state index in [-0.39, 0.29) is 11.7 Å². The molecular formula is C15H17NO3. The van der Waals surface area contributed by atoms with Crippen LogP contribution in [0.5, 0.6) is 0 Å². The van der Waals surface area contributed by atoms with E-state index in [1.165, 1.54) is 6.20 Å². The highest BCUT2D eigenvalue weighted by atomic mass is 16.6. The average Bonchev–Trinajstić information content (AvgIpc) is 2.42. The molecule has 1 aliphatic carbocycles. The highest BCUT2D eigenvalue weighted by Crippen LogP contribution is 2.37. The van der Waals surface area contributed by atoms with E-state index in [1.54, 1.807) is 37.4 Å². The van der Waals surface area contributed by atoms with Crippen molar-refractivity contribution in [3.05, 3.63) is 53.6 Å². The smallest absolute Gasteiger partial charge is 0.340 e. The van der Waals surface area contributed by atoms with Crippen molar-refractivity contribution in [1.82, 2.24) is 4.98 Å². The molecule has 1 N–H and O–H groups in total. The molecule has 1 aromatic rings. The van der Waals surface area contributed by atoms with Gasteiger partial charge in [0.05, 0.1) is 17.2 Å². The fourth-order valence-electron chi connectivity index (χ4n) is 2.05. The summed E-state index contributed by atoms with van der Waals surface area (Å²) in [6, 6.07) is 3.34. The Labute approximate surface area is 112 Å². The van der Waals surface area contributed by atoms with Gasteiger partial charge >= 0.3 is 5.97 Å². The van der Waals surface area contributed by atoms with Gasteiger partial charge in [-0.3, -0.25) is 4.98 Å². The fourth-order valence-corrected chi connectivity index (χ4v) is 2.05. The largest absolute Gasteiger partial charge is 0.512 e. The van der Waals surface area contributed by atoms with Crippen LogP contribution in [-0.2, 0) is 4.74 Å². The number of hydrogen-bond acceptors (Lipinski definition) is 4. The highest BCUT2D eigenvalue weighted by molar-refractivity contribution is 5.89. The number of hydrogen-bond donors (Lipinski definition) is 1. The van der Waals surface area contributed by atoms with Crippen molar-refractivity contribution < 1.29 is 14.6 Å². The lowest BCUT2D eigenvalue weighted by Crippen LogP contribution is -2.42. The van der Waals surface area contributed by atoms with Crippen LogP contribution in [0, 0.1) is 5.92 Å². The van der Waals surface area contributed by atoms with Gasteiger partial charge < -0.3 is 9.84 Å². The number of pyridine rings is 1. The Bertz CT molecular complexity index is 548. The van der Waals surface area contributed by atoms with Crippen molar-refractivity contribution in [2.24, 2.45) is 5.92 Å². The summed E-state index contributed by atoms with van der Waals surface area (Å²) in [7, 11) is 0. The summed E-state index contributed by atoms with van der Waals surface area (Å²) in [6.07, 6.45) is 6.47. The lowest BCUT2D eigenvalue weighted by molar-refractivity contribution is -0.0174. The van der Waals surface area contributed by atoms with Gasteiger partial charge in [0.15, 0.2) is 0 Å². The Morgan fingerprint density at radius 1 is 1.47 bits per heavy atom. The summed E-state index contributed by atoms with van der Waals surface area (Å²) < 4.78 is 5.61. The van der Waals surface area contributed by atoms with E-state index < -0.39 is 11.6 Å². The van der Waals surface area contributed by atoms with Gasteiger partial charge in [0.1, 0.15) is 5.60 Å². The zero-order chi connectivity index (χ0) is 14.0. The van der Waals surface area contributed by atoms with E-state index in [4.69, 9.17) is 4.74 Å². The SMILES string of the molecule is CC1=CC=C(O)C(C)C1(C)OC(=O)c1cccnc1. The lowest BCUT2D eigenvalue weighted by atomic mass is 9.79. The maximum Gasteiger partial charge on any atom is 0.340 e. The number of nitrogens with zero attached hydrogens (tertiary/aromatic N) is 1. The van der Waals surface area contributed by atoms with Gasteiger partial charge in [0.2, 0.25) is 0 Å². The summed E-state index contributed by atoms with van der Waals surface area (Å²) in [5.41, 5.74) is 0.457. The first-order chi connectivity index (χ1) is 8.95. The van der Waals surface area contributed by atoms with E-state index in [9.17, 15) is 9.90 Å². The van der Waals surface area contributed by atoms with Gasteiger partial charge in [-0.15, -0.1) is 0 Å². The summed E-state index contributed by atoms with van der Waals surface area (Å²) in [6.45, 7) is 5.52. The lowest BCUT2D eigenvalue weighted by Gasteiger charge is -2.37. The molecule has 0 radical (unpaired) electrons. The van der Waals surface area contributed by atoms with Crippen molar-refractivity contribution in [2.45, 2.75) is 26.4 Å². The predicted molar refractivity (Wildman–Crippen MR) is 71.7 cm³/mol. The number of allylic oxidation sites excluding steroid dienone is 2. The molecule has 2 rings (SSSR count). The zero-order valence-corrected chi connectivity index (χ0v) is 11.3. The second kappa shape index (κ2) is 4.88. The molecule has 19 heavy (non-hydrogen) atoms. The van der Waals surface area contributed by atoms with E-state index in [0.717, 1.165) is 5.57 Å².